The van der Waals surface area contributed by atoms with Gasteiger partial charge in [0.1, 0.15) is 5.82 Å². The predicted octanol–water partition coefficient (Wildman–Crippen LogP) is 3.22. The zero-order valence-corrected chi connectivity index (χ0v) is 11.9. The zero-order chi connectivity index (χ0) is 13.8. The van der Waals surface area contributed by atoms with Crippen LogP contribution < -0.4 is 5.32 Å². The van der Waals surface area contributed by atoms with Crippen molar-refractivity contribution in [3.63, 3.8) is 0 Å². The molecule has 1 heterocycles. The van der Waals surface area contributed by atoms with E-state index in [1.807, 2.05) is 13.0 Å². The largest absolute Gasteiger partial charge is 0.348 e. The van der Waals surface area contributed by atoms with Crippen molar-refractivity contribution in [1.29, 1.82) is 0 Å². The first-order valence-corrected chi connectivity index (χ1v) is 6.50. The van der Waals surface area contributed by atoms with Gasteiger partial charge in [-0.15, -0.1) is 0 Å². The van der Waals surface area contributed by atoms with E-state index in [0.717, 1.165) is 11.1 Å². The lowest BCUT2D eigenvalue weighted by Crippen LogP contribution is -2.23. The summed E-state index contributed by atoms with van der Waals surface area (Å²) >= 11 is 3.23. The Morgan fingerprint density at radius 3 is 2.95 bits per heavy atom. The number of nitrogens with one attached hydrogen (secondary N) is 1. The first-order chi connectivity index (χ1) is 9.08. The summed E-state index contributed by atoms with van der Waals surface area (Å²) in [4.78, 5) is 16.0. The summed E-state index contributed by atoms with van der Waals surface area (Å²) in [6.45, 7) is 2.31. The lowest BCUT2D eigenvalue weighted by Gasteiger charge is -2.08. The third kappa shape index (κ3) is 3.38. The third-order valence-corrected chi connectivity index (χ3v) is 3.45. The first kappa shape index (κ1) is 13.7. The van der Waals surface area contributed by atoms with Gasteiger partial charge in [-0.05, 0) is 58.2 Å². The Morgan fingerprint density at radius 1 is 1.42 bits per heavy atom. The van der Waals surface area contributed by atoms with E-state index in [2.05, 4.69) is 26.2 Å². The molecule has 3 nitrogen and oxygen atoms in total. The van der Waals surface area contributed by atoms with Gasteiger partial charge in [-0.2, -0.15) is 0 Å². The van der Waals surface area contributed by atoms with Gasteiger partial charge in [0.25, 0.3) is 5.91 Å². The molecule has 0 saturated carbocycles. The molecule has 0 saturated heterocycles. The van der Waals surface area contributed by atoms with E-state index in [-0.39, 0.29) is 11.5 Å². The highest BCUT2D eigenvalue weighted by atomic mass is 79.9. The number of nitrogens with zero attached hydrogens (tertiary/aromatic N) is 1. The quantitative estimate of drug-likeness (QED) is 0.942. The fourth-order valence-corrected chi connectivity index (χ4v) is 2.05. The number of pyridine rings is 1. The average molecular weight is 323 g/mol. The number of amides is 1. The van der Waals surface area contributed by atoms with Crippen molar-refractivity contribution in [3.05, 3.63) is 63.6 Å². The van der Waals surface area contributed by atoms with Crippen LogP contribution in [0.15, 0.2) is 41.1 Å². The van der Waals surface area contributed by atoms with Crippen LogP contribution >= 0.6 is 15.9 Å². The average Bonchev–Trinajstić information content (AvgIpc) is 2.40. The van der Waals surface area contributed by atoms with E-state index in [9.17, 15) is 9.18 Å². The lowest BCUT2D eigenvalue weighted by atomic mass is 10.1. The molecular formula is C14H12BrFN2O. The number of hydrogen-bond donors (Lipinski definition) is 1. The molecule has 0 radical (unpaired) electrons. The maximum absolute atomic E-state index is 13.1. The number of halogens is 2. The second kappa shape index (κ2) is 5.93. The number of aryl methyl sites for hydroxylation is 1. The molecule has 0 aliphatic heterocycles. The number of carbonyl (C=O) groups excluding carboxylic acids is 1. The molecule has 1 amide bonds. The fraction of sp³-hybridized carbons (Fsp3) is 0.143. The highest BCUT2D eigenvalue weighted by Crippen LogP contribution is 2.17. The molecule has 0 bridgehead atoms. The molecule has 1 aromatic carbocycles. The van der Waals surface area contributed by atoms with E-state index >= 15 is 0 Å². The van der Waals surface area contributed by atoms with E-state index < -0.39 is 5.82 Å². The van der Waals surface area contributed by atoms with Crippen molar-refractivity contribution in [2.24, 2.45) is 0 Å². The molecule has 5 heteroatoms. The van der Waals surface area contributed by atoms with Crippen molar-refractivity contribution in [2.75, 3.05) is 0 Å². The summed E-state index contributed by atoms with van der Waals surface area (Å²) in [5, 5.41) is 2.75. The van der Waals surface area contributed by atoms with E-state index in [0.29, 0.717) is 11.0 Å². The van der Waals surface area contributed by atoms with Gasteiger partial charge in [-0.25, -0.2) is 4.39 Å². The Hall–Kier alpha value is -1.75. The second-order valence-corrected chi connectivity index (χ2v) is 4.96. The summed E-state index contributed by atoms with van der Waals surface area (Å²) < 4.78 is 13.7. The maximum Gasteiger partial charge on any atom is 0.252 e. The molecule has 19 heavy (non-hydrogen) atoms. The standard InChI is InChI=1S/C14H12BrFN2O/c1-9-4-5-17-7-10(9)8-18-14(19)12-6-11(16)2-3-13(12)15/h2-7H,8H2,1H3,(H,18,19). The van der Waals surface area contributed by atoms with Gasteiger partial charge in [0.15, 0.2) is 0 Å². The Balaban J connectivity index is 2.10. The van der Waals surface area contributed by atoms with Gasteiger partial charge < -0.3 is 5.32 Å². The van der Waals surface area contributed by atoms with Crippen LogP contribution in [0.2, 0.25) is 0 Å². The molecule has 1 aromatic heterocycles. The molecule has 1 N–H and O–H groups in total. The molecule has 2 rings (SSSR count). The van der Waals surface area contributed by atoms with Crippen LogP contribution in [0.25, 0.3) is 0 Å². The van der Waals surface area contributed by atoms with Crippen LogP contribution in [-0.2, 0) is 6.54 Å². The van der Waals surface area contributed by atoms with Gasteiger partial charge in [0.05, 0.1) is 5.56 Å². The number of hydrogen-bond acceptors (Lipinski definition) is 2. The minimum atomic E-state index is -0.439. The molecule has 98 valence electrons. The number of aromatic nitrogens is 1. The second-order valence-electron chi connectivity index (χ2n) is 4.11. The maximum atomic E-state index is 13.1. The Labute approximate surface area is 119 Å². The van der Waals surface area contributed by atoms with Crippen LogP contribution in [-0.4, -0.2) is 10.9 Å². The molecule has 2 aromatic rings. The Kier molecular flexibility index (Phi) is 4.27. The van der Waals surface area contributed by atoms with Gasteiger partial charge in [0, 0.05) is 23.4 Å². The summed E-state index contributed by atoms with van der Waals surface area (Å²) in [5.41, 5.74) is 2.26. The molecule has 0 unspecified atom stereocenters. The molecule has 0 fully saturated rings. The van der Waals surface area contributed by atoms with E-state index in [1.54, 1.807) is 12.4 Å². The van der Waals surface area contributed by atoms with Crippen LogP contribution in [0.5, 0.6) is 0 Å². The van der Waals surface area contributed by atoms with Crippen molar-refractivity contribution >= 4 is 21.8 Å². The molecule has 0 spiro atoms. The fourth-order valence-electron chi connectivity index (χ4n) is 1.62. The van der Waals surface area contributed by atoms with Crippen molar-refractivity contribution < 1.29 is 9.18 Å². The van der Waals surface area contributed by atoms with Gasteiger partial charge in [-0.3, -0.25) is 9.78 Å². The van der Waals surface area contributed by atoms with Gasteiger partial charge in [-0.1, -0.05) is 0 Å². The van der Waals surface area contributed by atoms with E-state index in [1.165, 1.54) is 18.2 Å². The van der Waals surface area contributed by atoms with Gasteiger partial charge in [0.2, 0.25) is 0 Å². The number of carbonyl (C=O) groups is 1. The summed E-state index contributed by atoms with van der Waals surface area (Å²) in [7, 11) is 0. The topological polar surface area (TPSA) is 42.0 Å². The summed E-state index contributed by atoms with van der Waals surface area (Å²) in [6.07, 6.45) is 3.40. The van der Waals surface area contributed by atoms with Gasteiger partial charge >= 0.3 is 0 Å². The van der Waals surface area contributed by atoms with Crippen LogP contribution in [0.1, 0.15) is 21.5 Å². The zero-order valence-electron chi connectivity index (χ0n) is 10.3. The van der Waals surface area contributed by atoms with E-state index in [4.69, 9.17) is 0 Å². The van der Waals surface area contributed by atoms with Crippen LogP contribution in [0, 0.1) is 12.7 Å². The summed E-state index contributed by atoms with van der Waals surface area (Å²) in [6, 6.07) is 5.89. The van der Waals surface area contributed by atoms with Crippen molar-refractivity contribution in [3.8, 4) is 0 Å². The minimum Gasteiger partial charge on any atom is -0.348 e. The predicted molar refractivity (Wildman–Crippen MR) is 74.2 cm³/mol. The molecular weight excluding hydrogens is 311 g/mol. The molecule has 0 atom stereocenters. The highest BCUT2D eigenvalue weighted by molar-refractivity contribution is 9.10. The number of benzene rings is 1. The SMILES string of the molecule is Cc1ccncc1CNC(=O)c1cc(F)ccc1Br. The highest BCUT2D eigenvalue weighted by Gasteiger charge is 2.11. The first-order valence-electron chi connectivity index (χ1n) is 5.70. The lowest BCUT2D eigenvalue weighted by molar-refractivity contribution is 0.0949. The smallest absolute Gasteiger partial charge is 0.252 e. The van der Waals surface area contributed by atoms with Crippen molar-refractivity contribution in [1.82, 2.24) is 10.3 Å². The summed E-state index contributed by atoms with van der Waals surface area (Å²) in [5.74, 6) is -0.763. The number of rotatable bonds is 3. The van der Waals surface area contributed by atoms with Crippen LogP contribution in [0.4, 0.5) is 4.39 Å². The Morgan fingerprint density at radius 2 is 2.21 bits per heavy atom. The normalized spacial score (nSPS) is 10.3. The third-order valence-electron chi connectivity index (χ3n) is 2.76. The monoisotopic (exact) mass is 322 g/mol. The Bertz CT molecular complexity index is 616. The van der Waals surface area contributed by atoms with Crippen LogP contribution in [0.3, 0.4) is 0 Å². The van der Waals surface area contributed by atoms with Crippen molar-refractivity contribution in [2.45, 2.75) is 13.5 Å². The minimum absolute atomic E-state index is 0.279. The molecule has 0 aliphatic carbocycles. The molecule has 0 aliphatic rings.